The summed E-state index contributed by atoms with van der Waals surface area (Å²) < 4.78 is 5.39. The number of ether oxygens (including phenoxy) is 1. The molecule has 0 saturated heterocycles. The molecule has 2 amide bonds. The van der Waals surface area contributed by atoms with Crippen LogP contribution in [0.25, 0.3) is 0 Å². The van der Waals surface area contributed by atoms with Crippen LogP contribution in [0.5, 0.6) is 5.75 Å². The number of amides is 2. The Balaban J connectivity index is 1.55. The summed E-state index contributed by atoms with van der Waals surface area (Å²) in [5, 5.41) is 5.72. The summed E-state index contributed by atoms with van der Waals surface area (Å²) in [5.41, 5.74) is 2.77. The molecule has 0 fully saturated rings. The lowest BCUT2D eigenvalue weighted by molar-refractivity contribution is 0.0953. The molecule has 1 aromatic carbocycles. The molecule has 0 aliphatic heterocycles. The number of carbonyl (C=O) groups is 2. The summed E-state index contributed by atoms with van der Waals surface area (Å²) >= 11 is 0. The van der Waals surface area contributed by atoms with Gasteiger partial charge in [0.25, 0.3) is 11.8 Å². The van der Waals surface area contributed by atoms with Gasteiger partial charge in [-0.2, -0.15) is 0 Å². The van der Waals surface area contributed by atoms with Gasteiger partial charge in [-0.3, -0.25) is 14.6 Å². The smallest absolute Gasteiger partial charge is 0.257 e. The lowest BCUT2D eigenvalue weighted by atomic mass is 9.97. The van der Waals surface area contributed by atoms with Crippen LogP contribution in [0.15, 0.2) is 54.4 Å². The first kappa shape index (κ1) is 20.6. The summed E-state index contributed by atoms with van der Waals surface area (Å²) in [6.07, 6.45) is 10.8. The fourth-order valence-electron chi connectivity index (χ4n) is 3.26. The largest absolute Gasteiger partial charge is 0.494 e. The van der Waals surface area contributed by atoms with Gasteiger partial charge >= 0.3 is 0 Å². The van der Waals surface area contributed by atoms with Crippen molar-refractivity contribution in [3.8, 4) is 5.75 Å². The predicted molar refractivity (Wildman–Crippen MR) is 113 cm³/mol. The van der Waals surface area contributed by atoms with Crippen molar-refractivity contribution < 1.29 is 14.3 Å². The molecule has 29 heavy (non-hydrogen) atoms. The van der Waals surface area contributed by atoms with E-state index in [1.807, 2.05) is 6.92 Å². The average Bonchev–Trinajstić information content (AvgIpc) is 2.76. The van der Waals surface area contributed by atoms with Crippen molar-refractivity contribution in [3.63, 3.8) is 0 Å². The zero-order valence-corrected chi connectivity index (χ0v) is 16.7. The molecule has 1 aromatic heterocycles. The van der Waals surface area contributed by atoms with Crippen molar-refractivity contribution in [2.24, 2.45) is 0 Å². The number of benzene rings is 1. The van der Waals surface area contributed by atoms with Gasteiger partial charge in [0.2, 0.25) is 0 Å². The molecular formula is C23H27N3O3. The summed E-state index contributed by atoms with van der Waals surface area (Å²) in [7, 11) is 0. The number of aromatic nitrogens is 1. The second-order valence-corrected chi connectivity index (χ2v) is 6.99. The van der Waals surface area contributed by atoms with Crippen LogP contribution < -0.4 is 15.4 Å². The quantitative estimate of drug-likeness (QED) is 0.653. The van der Waals surface area contributed by atoms with Crippen molar-refractivity contribution in [2.75, 3.05) is 18.5 Å². The van der Waals surface area contributed by atoms with Gasteiger partial charge in [-0.15, -0.1) is 0 Å². The van der Waals surface area contributed by atoms with E-state index in [0.29, 0.717) is 30.0 Å². The number of rotatable bonds is 8. The van der Waals surface area contributed by atoms with E-state index < -0.39 is 0 Å². The minimum absolute atomic E-state index is 0.218. The highest BCUT2D eigenvalue weighted by Crippen LogP contribution is 2.19. The molecule has 0 saturated carbocycles. The molecule has 6 heteroatoms. The molecule has 2 N–H and O–H groups in total. The molecular weight excluding hydrogens is 366 g/mol. The molecule has 152 valence electrons. The summed E-state index contributed by atoms with van der Waals surface area (Å²) in [6.45, 7) is 3.09. The molecule has 2 aromatic rings. The van der Waals surface area contributed by atoms with Gasteiger partial charge in [0.1, 0.15) is 5.75 Å². The molecule has 0 unspecified atom stereocenters. The summed E-state index contributed by atoms with van der Waals surface area (Å²) in [4.78, 5) is 29.0. The molecule has 1 aliphatic rings. The van der Waals surface area contributed by atoms with E-state index in [9.17, 15) is 9.59 Å². The number of nitrogens with zero attached hydrogens (tertiary/aromatic N) is 1. The normalized spacial score (nSPS) is 13.3. The maximum absolute atomic E-state index is 12.5. The van der Waals surface area contributed by atoms with Crippen molar-refractivity contribution in [1.29, 1.82) is 0 Å². The highest BCUT2D eigenvalue weighted by molar-refractivity contribution is 6.05. The minimum atomic E-state index is -0.316. The number of hydrogen-bond acceptors (Lipinski definition) is 4. The van der Waals surface area contributed by atoms with Crippen molar-refractivity contribution in [3.05, 3.63) is 65.5 Å². The fraction of sp³-hybridized carbons (Fsp3) is 0.348. The third-order valence-corrected chi connectivity index (χ3v) is 4.80. The zero-order valence-electron chi connectivity index (χ0n) is 16.7. The van der Waals surface area contributed by atoms with Crippen LogP contribution >= 0.6 is 0 Å². The van der Waals surface area contributed by atoms with Crippen molar-refractivity contribution in [1.82, 2.24) is 10.3 Å². The third kappa shape index (κ3) is 6.17. The molecule has 1 heterocycles. The topological polar surface area (TPSA) is 80.3 Å². The maximum Gasteiger partial charge on any atom is 0.257 e. The highest BCUT2D eigenvalue weighted by Gasteiger charge is 2.12. The van der Waals surface area contributed by atoms with E-state index in [1.165, 1.54) is 30.8 Å². The SMILES string of the molecule is CCOc1ccc(NC(=O)c2cncc(C(=O)NCCC3=CCCCC3)c2)cc1. The first-order valence-corrected chi connectivity index (χ1v) is 10.1. The van der Waals surface area contributed by atoms with Crippen LogP contribution in [0.1, 0.15) is 59.7 Å². The van der Waals surface area contributed by atoms with Gasteiger partial charge in [-0.25, -0.2) is 0 Å². The highest BCUT2D eigenvalue weighted by atomic mass is 16.5. The van der Waals surface area contributed by atoms with Crippen LogP contribution in [0.4, 0.5) is 5.69 Å². The Morgan fingerprint density at radius 3 is 2.52 bits per heavy atom. The number of pyridine rings is 1. The van der Waals surface area contributed by atoms with Crippen LogP contribution in [0, 0.1) is 0 Å². The van der Waals surface area contributed by atoms with Gasteiger partial charge in [0, 0.05) is 24.6 Å². The molecule has 0 atom stereocenters. The van der Waals surface area contributed by atoms with E-state index in [0.717, 1.165) is 25.0 Å². The maximum atomic E-state index is 12.5. The Morgan fingerprint density at radius 1 is 1.07 bits per heavy atom. The molecule has 0 bridgehead atoms. The Kier molecular flexibility index (Phi) is 7.39. The van der Waals surface area contributed by atoms with Crippen LogP contribution in [0.2, 0.25) is 0 Å². The van der Waals surface area contributed by atoms with Gasteiger partial charge in [-0.05, 0) is 69.4 Å². The van der Waals surface area contributed by atoms with Gasteiger partial charge in [-0.1, -0.05) is 11.6 Å². The van der Waals surface area contributed by atoms with Gasteiger partial charge in [0.15, 0.2) is 0 Å². The van der Waals surface area contributed by atoms with Crippen LogP contribution in [0.3, 0.4) is 0 Å². The zero-order chi connectivity index (χ0) is 20.5. The Labute approximate surface area is 171 Å². The first-order valence-electron chi connectivity index (χ1n) is 10.1. The molecule has 0 radical (unpaired) electrons. The fourth-order valence-corrected chi connectivity index (χ4v) is 3.26. The predicted octanol–water partition coefficient (Wildman–Crippen LogP) is 4.35. The summed E-state index contributed by atoms with van der Waals surface area (Å²) in [5.74, 6) is 0.211. The van der Waals surface area contributed by atoms with E-state index >= 15 is 0 Å². The Hall–Kier alpha value is -3.15. The lowest BCUT2D eigenvalue weighted by Crippen LogP contribution is -2.25. The second-order valence-electron chi connectivity index (χ2n) is 6.99. The lowest BCUT2D eigenvalue weighted by Gasteiger charge is -2.13. The van der Waals surface area contributed by atoms with E-state index in [-0.39, 0.29) is 11.8 Å². The first-order chi connectivity index (χ1) is 14.2. The molecule has 6 nitrogen and oxygen atoms in total. The van der Waals surface area contributed by atoms with E-state index in [2.05, 4.69) is 21.7 Å². The number of hydrogen-bond donors (Lipinski definition) is 2. The number of carbonyl (C=O) groups excluding carboxylic acids is 2. The molecule has 0 spiro atoms. The number of nitrogens with one attached hydrogen (secondary N) is 2. The Morgan fingerprint density at radius 2 is 1.83 bits per heavy atom. The average molecular weight is 393 g/mol. The number of anilines is 1. The van der Waals surface area contributed by atoms with E-state index in [1.54, 1.807) is 30.3 Å². The van der Waals surface area contributed by atoms with Crippen LogP contribution in [-0.4, -0.2) is 29.9 Å². The van der Waals surface area contributed by atoms with Gasteiger partial charge < -0.3 is 15.4 Å². The molecule has 3 rings (SSSR count). The number of allylic oxidation sites excluding steroid dienone is 1. The van der Waals surface area contributed by atoms with Gasteiger partial charge in [0.05, 0.1) is 17.7 Å². The standard InChI is InChI=1S/C23H27N3O3/c1-2-29-21-10-8-20(9-11-21)26-23(28)19-14-18(15-24-16-19)22(27)25-13-12-17-6-4-3-5-7-17/h6,8-11,14-16H,2-5,7,12-13H2,1H3,(H,25,27)(H,26,28). The third-order valence-electron chi connectivity index (χ3n) is 4.80. The molecule has 1 aliphatic carbocycles. The Bertz CT molecular complexity index is 875. The van der Waals surface area contributed by atoms with Crippen molar-refractivity contribution in [2.45, 2.75) is 39.0 Å². The van der Waals surface area contributed by atoms with E-state index in [4.69, 9.17) is 4.74 Å². The monoisotopic (exact) mass is 393 g/mol. The minimum Gasteiger partial charge on any atom is -0.494 e. The second kappa shape index (κ2) is 10.4. The van der Waals surface area contributed by atoms with Crippen LogP contribution in [-0.2, 0) is 0 Å². The van der Waals surface area contributed by atoms with Crippen molar-refractivity contribution >= 4 is 17.5 Å². The summed E-state index contributed by atoms with van der Waals surface area (Å²) in [6, 6.07) is 8.69.